The molecule has 0 saturated heterocycles. The lowest BCUT2D eigenvalue weighted by molar-refractivity contribution is 0.138. The number of ether oxygens (including phenoxy) is 1. The minimum Gasteiger partial charge on any atom is -0.487 e. The number of hydrogen-bond acceptors (Lipinski definition) is 6. The van der Waals surface area contributed by atoms with Crippen LogP contribution < -0.4 is 16.1 Å². The van der Waals surface area contributed by atoms with Crippen LogP contribution in [-0.4, -0.2) is 25.3 Å². The fourth-order valence-electron chi connectivity index (χ4n) is 5.67. The van der Waals surface area contributed by atoms with Gasteiger partial charge in [0.1, 0.15) is 17.2 Å². The van der Waals surface area contributed by atoms with Gasteiger partial charge >= 0.3 is 5.76 Å². The van der Waals surface area contributed by atoms with Gasteiger partial charge in [0.05, 0.1) is 11.4 Å². The number of fused-ring (bicyclic) bond motifs is 1. The van der Waals surface area contributed by atoms with Crippen molar-refractivity contribution in [1.29, 1.82) is 0 Å². The molecule has 5 aromatic rings. The molecule has 8 nitrogen and oxygen atoms in total. The molecule has 3 aromatic carbocycles. The molecule has 0 unspecified atom stereocenters. The summed E-state index contributed by atoms with van der Waals surface area (Å²) in [5, 5.41) is 3.85. The maximum Gasteiger partial charge on any atom is 0.439 e. The minimum absolute atomic E-state index is 0. The highest BCUT2D eigenvalue weighted by atomic mass is 79.9. The number of nitrogens with one attached hydrogen (secondary N) is 1. The van der Waals surface area contributed by atoms with Gasteiger partial charge in [0.25, 0.3) is 5.56 Å². The number of benzene rings is 3. The molecule has 43 heavy (non-hydrogen) atoms. The lowest BCUT2D eigenvalue weighted by Crippen LogP contribution is -2.28. The molecule has 1 aliphatic heterocycles. The summed E-state index contributed by atoms with van der Waals surface area (Å²) in [4.78, 5) is 33.1. The number of halogens is 2. The van der Waals surface area contributed by atoms with Crippen molar-refractivity contribution < 1.29 is 9.26 Å². The van der Waals surface area contributed by atoms with Crippen LogP contribution in [-0.2, 0) is 19.3 Å². The summed E-state index contributed by atoms with van der Waals surface area (Å²) in [6.07, 6.45) is 2.90. The second kappa shape index (κ2) is 12.7. The maximum absolute atomic E-state index is 14.1. The van der Waals surface area contributed by atoms with E-state index in [-0.39, 0.29) is 40.5 Å². The maximum atomic E-state index is 14.1. The Bertz CT molecular complexity index is 1880. The standard InChI is InChI=1S/C33H32N4O4.BrH.ClH/c1-5-8-28-27(31(38)37(20(2)34-28)24-15-16-29-23(18-24)19-33(3,4)40-29)17-21-11-13-22(14-12-21)25-9-6-7-10-26(25)30-35-32(39)41-36-30;;/h6-7,9-16,18H,5,8,17,19H2,1-4H3,(H,35,36,39);2*1H. The second-order valence-corrected chi connectivity index (χ2v) is 11.2. The molecular formula is C33H34BrClN4O4. The molecule has 6 rings (SSSR count). The predicted molar refractivity (Wildman–Crippen MR) is 175 cm³/mol. The van der Waals surface area contributed by atoms with Crippen molar-refractivity contribution >= 4 is 29.4 Å². The van der Waals surface area contributed by atoms with E-state index >= 15 is 0 Å². The highest BCUT2D eigenvalue weighted by Gasteiger charge is 2.30. The molecule has 0 aliphatic carbocycles. The van der Waals surface area contributed by atoms with E-state index in [1.54, 1.807) is 4.57 Å². The first-order valence-corrected chi connectivity index (χ1v) is 13.9. The molecule has 0 saturated carbocycles. The minimum atomic E-state index is -0.595. The molecule has 0 amide bonds. The number of rotatable bonds is 7. The first kappa shape index (κ1) is 32.0. The molecular weight excluding hydrogens is 632 g/mol. The zero-order valence-corrected chi connectivity index (χ0v) is 27.0. The van der Waals surface area contributed by atoms with Gasteiger partial charge < -0.3 is 4.74 Å². The quantitative estimate of drug-likeness (QED) is 0.205. The smallest absolute Gasteiger partial charge is 0.439 e. The molecule has 0 spiro atoms. The molecule has 0 fully saturated rings. The van der Waals surface area contributed by atoms with Crippen LogP contribution >= 0.6 is 29.4 Å². The largest absolute Gasteiger partial charge is 0.487 e. The molecule has 0 radical (unpaired) electrons. The number of aromatic amines is 1. The zero-order valence-electron chi connectivity index (χ0n) is 24.5. The lowest BCUT2D eigenvalue weighted by atomic mass is 9.96. The Labute approximate surface area is 266 Å². The van der Waals surface area contributed by atoms with E-state index in [0.29, 0.717) is 23.6 Å². The average molecular weight is 666 g/mol. The monoisotopic (exact) mass is 664 g/mol. The predicted octanol–water partition coefficient (Wildman–Crippen LogP) is 6.81. The number of aromatic nitrogens is 4. The van der Waals surface area contributed by atoms with Crippen molar-refractivity contribution in [2.75, 3.05) is 0 Å². The summed E-state index contributed by atoms with van der Waals surface area (Å²) in [6.45, 7) is 8.14. The molecule has 10 heteroatoms. The van der Waals surface area contributed by atoms with E-state index in [0.717, 1.165) is 64.2 Å². The third kappa shape index (κ3) is 6.38. The van der Waals surface area contributed by atoms with Gasteiger partial charge in [0.15, 0.2) is 5.82 Å². The zero-order chi connectivity index (χ0) is 28.7. The second-order valence-electron chi connectivity index (χ2n) is 11.2. The van der Waals surface area contributed by atoms with Gasteiger partial charge in [0, 0.05) is 29.5 Å². The first-order chi connectivity index (χ1) is 19.7. The lowest BCUT2D eigenvalue weighted by Gasteiger charge is -2.16. The summed E-state index contributed by atoms with van der Waals surface area (Å²) < 4.78 is 12.5. The SMILES string of the molecule is Br.CCCc1nc(C)n(-c2ccc3c(c2)CC(C)(C)O3)c(=O)c1Cc1ccc(-c2ccccc2-c2noc(=O)[nH]2)cc1.Cl. The average Bonchev–Trinajstić information content (AvgIpc) is 3.52. The molecule has 3 heterocycles. The molecule has 2 aromatic heterocycles. The van der Waals surface area contributed by atoms with Crippen molar-refractivity contribution in [1.82, 2.24) is 19.7 Å². The summed E-state index contributed by atoms with van der Waals surface area (Å²) in [5.41, 5.74) is 6.83. The van der Waals surface area contributed by atoms with Crippen LogP contribution in [0.1, 0.15) is 55.4 Å². The molecule has 1 N–H and O–H groups in total. The van der Waals surface area contributed by atoms with Crippen molar-refractivity contribution in [2.45, 2.75) is 59.0 Å². The first-order valence-electron chi connectivity index (χ1n) is 13.9. The van der Waals surface area contributed by atoms with Crippen molar-refractivity contribution in [3.05, 3.63) is 116 Å². The Hall–Kier alpha value is -3.95. The fraction of sp³-hybridized carbons (Fsp3) is 0.273. The van der Waals surface area contributed by atoms with Gasteiger partial charge in [-0.3, -0.25) is 18.9 Å². The Morgan fingerprint density at radius 1 is 1.00 bits per heavy atom. The number of nitrogens with zero attached hydrogens (tertiary/aromatic N) is 3. The summed E-state index contributed by atoms with van der Waals surface area (Å²) in [6, 6.07) is 21.7. The highest BCUT2D eigenvalue weighted by Crippen LogP contribution is 2.36. The Balaban J connectivity index is 0.00000212. The molecule has 0 bridgehead atoms. The van der Waals surface area contributed by atoms with Crippen LogP contribution in [0.25, 0.3) is 28.2 Å². The topological polar surface area (TPSA) is 103 Å². The third-order valence-corrected chi connectivity index (χ3v) is 7.49. The third-order valence-electron chi connectivity index (χ3n) is 7.49. The summed E-state index contributed by atoms with van der Waals surface area (Å²) >= 11 is 0. The Kier molecular flexibility index (Phi) is 9.47. The Morgan fingerprint density at radius 2 is 1.72 bits per heavy atom. The van der Waals surface area contributed by atoms with Crippen molar-refractivity contribution in [2.24, 2.45) is 0 Å². The number of H-pyrrole nitrogens is 1. The van der Waals surface area contributed by atoms with Gasteiger partial charge in [0.2, 0.25) is 0 Å². The molecule has 0 atom stereocenters. The number of hydrogen-bond donors (Lipinski definition) is 1. The van der Waals surface area contributed by atoms with Crippen LogP contribution in [0, 0.1) is 6.92 Å². The van der Waals surface area contributed by atoms with E-state index in [1.807, 2.05) is 67.6 Å². The molecule has 224 valence electrons. The molecule has 1 aliphatic rings. The van der Waals surface area contributed by atoms with E-state index in [2.05, 4.69) is 37.0 Å². The normalized spacial score (nSPS) is 13.0. The summed E-state index contributed by atoms with van der Waals surface area (Å²) in [5.74, 6) is 1.34. The van der Waals surface area contributed by atoms with Gasteiger partial charge in [-0.05, 0) is 62.1 Å². The van der Waals surface area contributed by atoms with Crippen LogP contribution in [0.4, 0.5) is 0 Å². The van der Waals surface area contributed by atoms with Gasteiger partial charge in [-0.1, -0.05) is 67.0 Å². The van der Waals surface area contributed by atoms with Crippen LogP contribution in [0.5, 0.6) is 5.75 Å². The van der Waals surface area contributed by atoms with Crippen LogP contribution in [0.3, 0.4) is 0 Å². The Morgan fingerprint density at radius 3 is 2.40 bits per heavy atom. The fourth-order valence-corrected chi connectivity index (χ4v) is 5.67. The summed E-state index contributed by atoms with van der Waals surface area (Å²) in [7, 11) is 0. The van der Waals surface area contributed by atoms with Gasteiger partial charge in [-0.15, -0.1) is 29.4 Å². The number of aryl methyl sites for hydroxylation is 2. The van der Waals surface area contributed by atoms with Gasteiger partial charge in [-0.25, -0.2) is 9.78 Å². The van der Waals surface area contributed by atoms with Crippen LogP contribution in [0.15, 0.2) is 80.8 Å². The van der Waals surface area contributed by atoms with Crippen molar-refractivity contribution in [3.63, 3.8) is 0 Å². The van der Waals surface area contributed by atoms with E-state index < -0.39 is 5.76 Å². The van der Waals surface area contributed by atoms with Crippen LogP contribution in [0.2, 0.25) is 0 Å². The van der Waals surface area contributed by atoms with E-state index in [4.69, 9.17) is 14.2 Å². The van der Waals surface area contributed by atoms with E-state index in [1.165, 1.54) is 0 Å². The van der Waals surface area contributed by atoms with E-state index in [9.17, 15) is 9.59 Å². The van der Waals surface area contributed by atoms with Crippen molar-refractivity contribution in [3.8, 4) is 34.0 Å². The highest BCUT2D eigenvalue weighted by molar-refractivity contribution is 8.93. The van der Waals surface area contributed by atoms with Gasteiger partial charge in [-0.2, -0.15) is 0 Å².